The molecule has 0 amide bonds. The Morgan fingerprint density at radius 2 is 1.69 bits per heavy atom. The van der Waals surface area contributed by atoms with Crippen LogP contribution in [0.3, 0.4) is 0 Å². The molecule has 1 fully saturated rings. The van der Waals surface area contributed by atoms with Gasteiger partial charge in [0.05, 0.1) is 18.6 Å². The van der Waals surface area contributed by atoms with Crippen LogP contribution < -0.4 is 0 Å². The topological polar surface area (TPSA) is 98.0 Å². The van der Waals surface area contributed by atoms with Gasteiger partial charge in [-0.05, 0) is 18.8 Å². The molecule has 94 valence electrons. The summed E-state index contributed by atoms with van der Waals surface area (Å²) in [5.74, 6) is -1.20. The number of aliphatic carboxylic acids is 1. The van der Waals surface area contributed by atoms with Gasteiger partial charge in [-0.25, -0.2) is 0 Å². The Morgan fingerprint density at radius 1 is 1.12 bits per heavy atom. The van der Waals surface area contributed by atoms with E-state index in [0.717, 1.165) is 32.1 Å². The number of carbonyl (C=O) groups is 1. The molecular formula is C11H20O5. The van der Waals surface area contributed by atoms with Gasteiger partial charge in [0.15, 0.2) is 0 Å². The summed E-state index contributed by atoms with van der Waals surface area (Å²) < 4.78 is 0. The molecule has 1 aliphatic carbocycles. The van der Waals surface area contributed by atoms with Crippen LogP contribution in [0.2, 0.25) is 0 Å². The Labute approximate surface area is 94.7 Å². The lowest BCUT2D eigenvalue weighted by Gasteiger charge is -2.31. The van der Waals surface area contributed by atoms with Crippen LogP contribution in [0.1, 0.15) is 38.5 Å². The summed E-state index contributed by atoms with van der Waals surface area (Å²) in [6.45, 7) is 0. The Bertz CT molecular complexity index is 224. The predicted molar refractivity (Wildman–Crippen MR) is 56.8 cm³/mol. The molecule has 4 N–H and O–H groups in total. The van der Waals surface area contributed by atoms with Gasteiger partial charge >= 0.3 is 5.97 Å². The lowest BCUT2D eigenvalue weighted by molar-refractivity contribution is -0.144. The third kappa shape index (κ3) is 3.73. The maximum atomic E-state index is 10.4. The zero-order chi connectivity index (χ0) is 12.1. The number of aliphatic hydroxyl groups is 3. The zero-order valence-electron chi connectivity index (χ0n) is 9.25. The molecule has 1 rings (SSSR count). The summed E-state index contributed by atoms with van der Waals surface area (Å²) >= 11 is 0. The summed E-state index contributed by atoms with van der Waals surface area (Å²) in [5.41, 5.74) is 0. The van der Waals surface area contributed by atoms with Gasteiger partial charge in [0.1, 0.15) is 6.10 Å². The largest absolute Gasteiger partial charge is 0.481 e. The fourth-order valence-electron chi connectivity index (χ4n) is 2.28. The van der Waals surface area contributed by atoms with Gasteiger partial charge in [-0.3, -0.25) is 4.79 Å². The van der Waals surface area contributed by atoms with E-state index in [0.29, 0.717) is 0 Å². The Kier molecular flexibility index (Phi) is 5.18. The highest BCUT2D eigenvalue weighted by molar-refractivity contribution is 5.67. The monoisotopic (exact) mass is 232 g/mol. The maximum Gasteiger partial charge on any atom is 0.306 e. The molecule has 0 aromatic rings. The summed E-state index contributed by atoms with van der Waals surface area (Å²) in [6.07, 6.45) is 0.522. The molecule has 0 heterocycles. The SMILES string of the molecule is O=C(O)CC(O)C(O)C(O)C1CCCCC1. The van der Waals surface area contributed by atoms with Crippen molar-refractivity contribution in [2.75, 3.05) is 0 Å². The van der Waals surface area contributed by atoms with Crippen LogP contribution in [0.4, 0.5) is 0 Å². The van der Waals surface area contributed by atoms with E-state index < -0.39 is 30.7 Å². The molecule has 16 heavy (non-hydrogen) atoms. The molecule has 5 nitrogen and oxygen atoms in total. The normalized spacial score (nSPS) is 23.7. The van der Waals surface area contributed by atoms with Crippen LogP contribution in [0.15, 0.2) is 0 Å². The number of hydrogen-bond donors (Lipinski definition) is 4. The standard InChI is InChI=1S/C11H20O5/c12-8(6-9(13)14)11(16)10(15)7-4-2-1-3-5-7/h7-8,10-12,15-16H,1-6H2,(H,13,14). The van der Waals surface area contributed by atoms with Crippen molar-refractivity contribution >= 4 is 5.97 Å². The minimum atomic E-state index is -1.39. The summed E-state index contributed by atoms with van der Waals surface area (Å²) in [7, 11) is 0. The molecule has 3 atom stereocenters. The van der Waals surface area contributed by atoms with E-state index in [1.165, 1.54) is 0 Å². The third-order valence-electron chi connectivity index (χ3n) is 3.26. The molecule has 0 aromatic heterocycles. The summed E-state index contributed by atoms with van der Waals surface area (Å²) in [6, 6.07) is 0. The number of hydrogen-bond acceptors (Lipinski definition) is 4. The molecule has 5 heteroatoms. The van der Waals surface area contributed by atoms with Gasteiger partial charge in [0.2, 0.25) is 0 Å². The van der Waals surface area contributed by atoms with Crippen molar-refractivity contribution in [1.82, 2.24) is 0 Å². The Morgan fingerprint density at radius 3 is 2.19 bits per heavy atom. The first kappa shape index (κ1) is 13.4. The number of carboxylic acid groups (broad SMARTS) is 1. The molecule has 0 saturated heterocycles. The van der Waals surface area contributed by atoms with Gasteiger partial charge in [-0.2, -0.15) is 0 Å². The second-order valence-corrected chi connectivity index (χ2v) is 4.54. The van der Waals surface area contributed by atoms with E-state index >= 15 is 0 Å². The third-order valence-corrected chi connectivity index (χ3v) is 3.26. The van der Waals surface area contributed by atoms with Crippen molar-refractivity contribution in [3.05, 3.63) is 0 Å². The van der Waals surface area contributed by atoms with Crippen molar-refractivity contribution in [1.29, 1.82) is 0 Å². The van der Waals surface area contributed by atoms with E-state index in [-0.39, 0.29) is 5.92 Å². The first-order valence-corrected chi connectivity index (χ1v) is 5.78. The van der Waals surface area contributed by atoms with Crippen molar-refractivity contribution < 1.29 is 25.2 Å². The second-order valence-electron chi connectivity index (χ2n) is 4.54. The molecule has 1 aliphatic rings. The van der Waals surface area contributed by atoms with E-state index in [1.807, 2.05) is 0 Å². The van der Waals surface area contributed by atoms with Crippen LogP contribution in [0.25, 0.3) is 0 Å². The van der Waals surface area contributed by atoms with Gasteiger partial charge in [0, 0.05) is 0 Å². The van der Waals surface area contributed by atoms with Crippen LogP contribution in [-0.4, -0.2) is 44.7 Å². The quantitative estimate of drug-likeness (QED) is 0.540. The van der Waals surface area contributed by atoms with E-state index in [9.17, 15) is 20.1 Å². The lowest BCUT2D eigenvalue weighted by atomic mass is 9.82. The van der Waals surface area contributed by atoms with Gasteiger partial charge in [-0.1, -0.05) is 19.3 Å². The van der Waals surface area contributed by atoms with Gasteiger partial charge in [-0.15, -0.1) is 0 Å². The fourth-order valence-corrected chi connectivity index (χ4v) is 2.28. The van der Waals surface area contributed by atoms with Crippen molar-refractivity contribution in [2.45, 2.75) is 56.8 Å². The summed E-state index contributed by atoms with van der Waals surface area (Å²) in [4.78, 5) is 10.4. The zero-order valence-corrected chi connectivity index (χ0v) is 9.25. The van der Waals surface area contributed by atoms with E-state index in [2.05, 4.69) is 0 Å². The lowest BCUT2D eigenvalue weighted by Crippen LogP contribution is -2.43. The predicted octanol–water partition coefficient (Wildman–Crippen LogP) is 0.124. The van der Waals surface area contributed by atoms with E-state index in [1.54, 1.807) is 0 Å². The van der Waals surface area contributed by atoms with Crippen LogP contribution in [0.5, 0.6) is 0 Å². The highest BCUT2D eigenvalue weighted by Crippen LogP contribution is 2.28. The van der Waals surface area contributed by atoms with Crippen molar-refractivity contribution in [2.24, 2.45) is 5.92 Å². The average molecular weight is 232 g/mol. The Hall–Kier alpha value is -0.650. The second kappa shape index (κ2) is 6.18. The van der Waals surface area contributed by atoms with Crippen LogP contribution >= 0.6 is 0 Å². The first-order valence-electron chi connectivity index (χ1n) is 5.78. The minimum Gasteiger partial charge on any atom is -0.481 e. The van der Waals surface area contributed by atoms with Crippen LogP contribution in [0, 0.1) is 5.92 Å². The molecule has 1 saturated carbocycles. The van der Waals surface area contributed by atoms with E-state index in [4.69, 9.17) is 5.11 Å². The van der Waals surface area contributed by atoms with Crippen LogP contribution in [-0.2, 0) is 4.79 Å². The maximum absolute atomic E-state index is 10.4. The van der Waals surface area contributed by atoms with Gasteiger partial charge < -0.3 is 20.4 Å². The number of aliphatic hydroxyl groups excluding tert-OH is 3. The highest BCUT2D eigenvalue weighted by Gasteiger charge is 2.32. The van der Waals surface area contributed by atoms with Crippen molar-refractivity contribution in [3.63, 3.8) is 0 Å². The molecule has 0 radical (unpaired) electrons. The molecule has 0 bridgehead atoms. The molecule has 0 spiro atoms. The molecule has 3 unspecified atom stereocenters. The number of carboxylic acids is 1. The summed E-state index contributed by atoms with van der Waals surface area (Å²) in [5, 5.41) is 37.3. The molecule has 0 aliphatic heterocycles. The van der Waals surface area contributed by atoms with Crippen molar-refractivity contribution in [3.8, 4) is 0 Å². The minimum absolute atomic E-state index is 0.0211. The highest BCUT2D eigenvalue weighted by atomic mass is 16.4. The Balaban J connectivity index is 2.44. The average Bonchev–Trinajstić information content (AvgIpc) is 2.27. The molecular weight excluding hydrogens is 212 g/mol. The smallest absolute Gasteiger partial charge is 0.306 e. The first-order chi connectivity index (χ1) is 7.52. The van der Waals surface area contributed by atoms with Gasteiger partial charge in [0.25, 0.3) is 0 Å². The molecule has 0 aromatic carbocycles. The fraction of sp³-hybridized carbons (Fsp3) is 0.909. The number of rotatable bonds is 5.